The highest BCUT2D eigenvalue weighted by Crippen LogP contribution is 2.24. The Morgan fingerprint density at radius 3 is 2.37 bits per heavy atom. The molecule has 0 bridgehead atoms. The number of hydrogen-bond acceptors (Lipinski definition) is 2. The highest BCUT2D eigenvalue weighted by molar-refractivity contribution is 5.19. The van der Waals surface area contributed by atoms with Gasteiger partial charge < -0.3 is 5.11 Å². The molecule has 0 aromatic heterocycles. The Bertz CT molecular complexity index is 342. The Morgan fingerprint density at radius 2 is 1.84 bits per heavy atom. The molecule has 2 heteroatoms. The Morgan fingerprint density at radius 1 is 1.21 bits per heavy atom. The summed E-state index contributed by atoms with van der Waals surface area (Å²) in [5.74, 6) is 2.68. The van der Waals surface area contributed by atoms with Crippen LogP contribution in [-0.2, 0) is 0 Å². The number of hydrogen-bond donors (Lipinski definition) is 1. The van der Waals surface area contributed by atoms with Crippen molar-refractivity contribution in [2.24, 2.45) is 0 Å². The zero-order chi connectivity index (χ0) is 14.5. The van der Waals surface area contributed by atoms with Crippen LogP contribution in [0.3, 0.4) is 0 Å². The average molecular weight is 261 g/mol. The van der Waals surface area contributed by atoms with E-state index in [1.807, 2.05) is 19.9 Å². The second-order valence-electron chi connectivity index (χ2n) is 4.27. The summed E-state index contributed by atoms with van der Waals surface area (Å²) in [6.45, 7) is 4.92. The largest absolute Gasteiger partial charge is 0.396 e. The molecule has 0 saturated heterocycles. The zero-order valence-corrected chi connectivity index (χ0v) is 12.5. The predicted octanol–water partition coefficient (Wildman–Crippen LogP) is 3.48. The maximum absolute atomic E-state index is 8.85. The summed E-state index contributed by atoms with van der Waals surface area (Å²) in [5, 5.41) is 8.85. The van der Waals surface area contributed by atoms with Crippen LogP contribution in [0.4, 0.5) is 0 Å². The van der Waals surface area contributed by atoms with Crippen LogP contribution < -0.4 is 0 Å². The molecule has 1 unspecified atom stereocenters. The maximum Gasteiger partial charge on any atom is 0.0601 e. The van der Waals surface area contributed by atoms with Crippen LogP contribution in [0.1, 0.15) is 44.7 Å². The number of aliphatic hydroxyl groups is 1. The molecule has 1 aromatic rings. The number of rotatable bonds is 7. The molecule has 0 aliphatic rings. The lowest BCUT2D eigenvalue weighted by Crippen LogP contribution is -2.25. The van der Waals surface area contributed by atoms with Crippen LogP contribution in [0.2, 0.25) is 0 Å². The first-order valence-corrected chi connectivity index (χ1v) is 7.09. The number of benzene rings is 1. The van der Waals surface area contributed by atoms with Crippen LogP contribution in [0.25, 0.3) is 0 Å². The lowest BCUT2D eigenvalue weighted by Gasteiger charge is -2.26. The monoisotopic (exact) mass is 261 g/mol. The molecular formula is C17H27NO. The molecule has 0 spiro atoms. The number of terminal acetylenes is 1. The summed E-state index contributed by atoms with van der Waals surface area (Å²) in [6.07, 6.45) is 8.27. The topological polar surface area (TPSA) is 23.5 Å². The zero-order valence-electron chi connectivity index (χ0n) is 12.5. The third kappa shape index (κ3) is 7.00. The van der Waals surface area contributed by atoms with Gasteiger partial charge in [0.1, 0.15) is 0 Å². The van der Waals surface area contributed by atoms with E-state index in [1.165, 1.54) is 5.56 Å². The maximum atomic E-state index is 8.85. The van der Waals surface area contributed by atoms with Gasteiger partial charge in [-0.3, -0.25) is 4.90 Å². The molecule has 1 atom stereocenters. The van der Waals surface area contributed by atoms with E-state index in [0.29, 0.717) is 12.6 Å². The van der Waals surface area contributed by atoms with Crippen molar-refractivity contribution in [2.75, 3.05) is 20.2 Å². The van der Waals surface area contributed by atoms with Gasteiger partial charge in [-0.1, -0.05) is 50.1 Å². The fraction of sp³-hybridized carbons (Fsp3) is 0.529. The Kier molecular flexibility index (Phi) is 11.0. The fourth-order valence-electron chi connectivity index (χ4n) is 2.02. The standard InChI is InChI=1S/C15H21NO.C2H6/c1-3-12-16(2)15(11-7-8-13-17)14-9-5-4-6-10-14;1-2/h1,4-6,9-10,15,17H,7-8,11-13H2,2H3;1-2H3. The SMILES string of the molecule is C#CCN(C)C(CCCCO)c1ccccc1.CC. The van der Waals surface area contributed by atoms with Crippen molar-refractivity contribution in [1.82, 2.24) is 4.90 Å². The van der Waals surface area contributed by atoms with Gasteiger partial charge in [0.25, 0.3) is 0 Å². The molecule has 0 fully saturated rings. The quantitative estimate of drug-likeness (QED) is 0.600. The van der Waals surface area contributed by atoms with E-state index in [2.05, 4.69) is 42.1 Å². The first-order chi connectivity index (χ1) is 9.29. The summed E-state index contributed by atoms with van der Waals surface area (Å²) in [7, 11) is 2.05. The Hall–Kier alpha value is -1.30. The molecule has 1 N–H and O–H groups in total. The van der Waals surface area contributed by atoms with Gasteiger partial charge in [0.05, 0.1) is 6.54 Å². The van der Waals surface area contributed by atoms with Gasteiger partial charge in [-0.15, -0.1) is 6.42 Å². The molecule has 0 aliphatic heterocycles. The lowest BCUT2D eigenvalue weighted by molar-refractivity contribution is 0.238. The van der Waals surface area contributed by atoms with Gasteiger partial charge in [-0.05, 0) is 31.9 Å². The van der Waals surface area contributed by atoms with Crippen molar-refractivity contribution in [3.05, 3.63) is 35.9 Å². The van der Waals surface area contributed by atoms with Gasteiger partial charge in [-0.2, -0.15) is 0 Å². The molecule has 0 radical (unpaired) electrons. The van der Waals surface area contributed by atoms with Crippen LogP contribution in [0, 0.1) is 12.3 Å². The molecule has 0 aliphatic carbocycles. The molecule has 0 amide bonds. The van der Waals surface area contributed by atoms with Crippen LogP contribution >= 0.6 is 0 Å². The summed E-state index contributed by atoms with van der Waals surface area (Å²) >= 11 is 0. The summed E-state index contributed by atoms with van der Waals surface area (Å²) in [6, 6.07) is 10.7. The third-order valence-electron chi connectivity index (χ3n) is 2.94. The van der Waals surface area contributed by atoms with Crippen molar-refractivity contribution in [3.8, 4) is 12.3 Å². The highest BCUT2D eigenvalue weighted by Gasteiger charge is 2.15. The van der Waals surface area contributed by atoms with Crippen molar-refractivity contribution in [3.63, 3.8) is 0 Å². The van der Waals surface area contributed by atoms with Gasteiger partial charge in [-0.25, -0.2) is 0 Å². The molecule has 1 rings (SSSR count). The first kappa shape index (κ1) is 17.7. The minimum Gasteiger partial charge on any atom is -0.396 e. The molecular weight excluding hydrogens is 234 g/mol. The highest BCUT2D eigenvalue weighted by atomic mass is 16.2. The number of aliphatic hydroxyl groups excluding tert-OH is 1. The molecule has 1 aromatic carbocycles. The van der Waals surface area contributed by atoms with E-state index in [4.69, 9.17) is 11.5 Å². The predicted molar refractivity (Wildman–Crippen MR) is 82.9 cm³/mol. The van der Waals surface area contributed by atoms with Gasteiger partial charge >= 0.3 is 0 Å². The van der Waals surface area contributed by atoms with E-state index >= 15 is 0 Å². The summed E-state index contributed by atoms with van der Waals surface area (Å²) in [5.41, 5.74) is 1.29. The minimum atomic E-state index is 0.264. The van der Waals surface area contributed by atoms with Crippen molar-refractivity contribution in [2.45, 2.75) is 39.2 Å². The third-order valence-corrected chi connectivity index (χ3v) is 2.94. The van der Waals surface area contributed by atoms with E-state index in [9.17, 15) is 0 Å². The fourth-order valence-corrected chi connectivity index (χ4v) is 2.02. The number of nitrogens with zero attached hydrogens (tertiary/aromatic N) is 1. The average Bonchev–Trinajstić information content (AvgIpc) is 2.47. The van der Waals surface area contributed by atoms with E-state index in [-0.39, 0.29) is 6.61 Å². The molecule has 0 heterocycles. The summed E-state index contributed by atoms with van der Waals surface area (Å²) < 4.78 is 0. The van der Waals surface area contributed by atoms with E-state index in [0.717, 1.165) is 19.3 Å². The minimum absolute atomic E-state index is 0.264. The van der Waals surface area contributed by atoms with Crippen LogP contribution in [0.5, 0.6) is 0 Å². The molecule has 106 valence electrons. The number of unbranched alkanes of at least 4 members (excludes halogenated alkanes) is 1. The van der Waals surface area contributed by atoms with Crippen LogP contribution in [-0.4, -0.2) is 30.2 Å². The lowest BCUT2D eigenvalue weighted by atomic mass is 10.00. The smallest absolute Gasteiger partial charge is 0.0601 e. The Balaban J connectivity index is 0.00000154. The van der Waals surface area contributed by atoms with Gasteiger partial charge in [0, 0.05) is 12.6 Å². The van der Waals surface area contributed by atoms with Gasteiger partial charge in [0.15, 0.2) is 0 Å². The normalized spacial score (nSPS) is 11.4. The van der Waals surface area contributed by atoms with Crippen molar-refractivity contribution in [1.29, 1.82) is 0 Å². The van der Waals surface area contributed by atoms with Crippen molar-refractivity contribution < 1.29 is 5.11 Å². The second kappa shape index (κ2) is 11.8. The van der Waals surface area contributed by atoms with Crippen molar-refractivity contribution >= 4 is 0 Å². The van der Waals surface area contributed by atoms with E-state index in [1.54, 1.807) is 0 Å². The molecule has 0 saturated carbocycles. The molecule has 19 heavy (non-hydrogen) atoms. The van der Waals surface area contributed by atoms with E-state index < -0.39 is 0 Å². The van der Waals surface area contributed by atoms with Crippen LogP contribution in [0.15, 0.2) is 30.3 Å². The Labute approximate surface area is 118 Å². The van der Waals surface area contributed by atoms with Gasteiger partial charge in [0.2, 0.25) is 0 Å². The summed E-state index contributed by atoms with van der Waals surface area (Å²) in [4.78, 5) is 2.19. The molecule has 2 nitrogen and oxygen atoms in total. The first-order valence-electron chi connectivity index (χ1n) is 7.09. The second-order valence-corrected chi connectivity index (χ2v) is 4.27.